The standard InChI is InChI=1S/C11H14N2O/c1-3-14-8(2)10-7-11-9(13-10)5-4-6-12-11/h4-6,10,13H,2-3,7H2,1H3. The van der Waals surface area contributed by atoms with Crippen molar-refractivity contribution in [1.29, 1.82) is 0 Å². The lowest BCUT2D eigenvalue weighted by Gasteiger charge is -2.14. The van der Waals surface area contributed by atoms with Gasteiger partial charge in [-0.15, -0.1) is 0 Å². The molecule has 2 heterocycles. The molecule has 1 unspecified atom stereocenters. The van der Waals surface area contributed by atoms with E-state index in [1.807, 2.05) is 25.3 Å². The first-order valence-electron chi connectivity index (χ1n) is 4.83. The predicted molar refractivity (Wildman–Crippen MR) is 56.1 cm³/mol. The molecule has 0 amide bonds. The molecule has 1 aliphatic rings. The van der Waals surface area contributed by atoms with E-state index in [1.54, 1.807) is 0 Å². The number of nitrogens with zero attached hydrogens (tertiary/aromatic N) is 1. The van der Waals surface area contributed by atoms with Crippen LogP contribution in [0.1, 0.15) is 12.6 Å². The summed E-state index contributed by atoms with van der Waals surface area (Å²) in [5.41, 5.74) is 2.19. The highest BCUT2D eigenvalue weighted by Gasteiger charge is 2.24. The Kier molecular flexibility index (Phi) is 2.39. The van der Waals surface area contributed by atoms with E-state index < -0.39 is 0 Å². The summed E-state index contributed by atoms with van der Waals surface area (Å²) in [5.74, 6) is 0.797. The lowest BCUT2D eigenvalue weighted by molar-refractivity contribution is 0.215. The third-order valence-corrected chi connectivity index (χ3v) is 2.34. The van der Waals surface area contributed by atoms with Crippen LogP contribution in [0.2, 0.25) is 0 Å². The van der Waals surface area contributed by atoms with Gasteiger partial charge < -0.3 is 10.1 Å². The Morgan fingerprint density at radius 2 is 2.64 bits per heavy atom. The van der Waals surface area contributed by atoms with Gasteiger partial charge in [0.1, 0.15) is 5.76 Å². The molecule has 14 heavy (non-hydrogen) atoms. The molecule has 0 bridgehead atoms. The maximum absolute atomic E-state index is 5.37. The fraction of sp³-hybridized carbons (Fsp3) is 0.364. The van der Waals surface area contributed by atoms with E-state index in [0.29, 0.717) is 6.61 Å². The quantitative estimate of drug-likeness (QED) is 0.740. The largest absolute Gasteiger partial charge is 0.497 e. The Hall–Kier alpha value is -1.51. The first-order chi connectivity index (χ1) is 6.81. The van der Waals surface area contributed by atoms with Crippen LogP contribution in [0, 0.1) is 0 Å². The predicted octanol–water partition coefficient (Wildman–Crippen LogP) is 1.97. The van der Waals surface area contributed by atoms with E-state index in [-0.39, 0.29) is 6.04 Å². The highest BCUT2D eigenvalue weighted by atomic mass is 16.5. The van der Waals surface area contributed by atoms with Crippen molar-refractivity contribution in [3.63, 3.8) is 0 Å². The van der Waals surface area contributed by atoms with Crippen molar-refractivity contribution in [2.75, 3.05) is 11.9 Å². The van der Waals surface area contributed by atoms with Crippen molar-refractivity contribution >= 4 is 5.69 Å². The Morgan fingerprint density at radius 3 is 3.36 bits per heavy atom. The lowest BCUT2D eigenvalue weighted by Crippen LogP contribution is -2.19. The molecule has 0 aromatic carbocycles. The molecule has 3 heteroatoms. The number of pyridine rings is 1. The van der Waals surface area contributed by atoms with E-state index in [9.17, 15) is 0 Å². The number of hydrogen-bond acceptors (Lipinski definition) is 3. The number of fused-ring (bicyclic) bond motifs is 1. The second-order valence-corrected chi connectivity index (χ2v) is 3.30. The Bertz CT molecular complexity index is 324. The molecule has 1 aromatic heterocycles. The number of hydrogen-bond donors (Lipinski definition) is 1. The molecular formula is C11H14N2O. The van der Waals surface area contributed by atoms with Gasteiger partial charge in [-0.1, -0.05) is 6.58 Å². The van der Waals surface area contributed by atoms with Crippen LogP contribution in [0.4, 0.5) is 5.69 Å². The normalized spacial score (nSPS) is 18.5. The van der Waals surface area contributed by atoms with Gasteiger partial charge in [-0.2, -0.15) is 0 Å². The second kappa shape index (κ2) is 3.70. The van der Waals surface area contributed by atoms with E-state index in [1.165, 1.54) is 0 Å². The van der Waals surface area contributed by atoms with Crippen molar-refractivity contribution < 1.29 is 4.74 Å². The van der Waals surface area contributed by atoms with E-state index in [0.717, 1.165) is 23.6 Å². The van der Waals surface area contributed by atoms with Crippen LogP contribution in [0.15, 0.2) is 30.7 Å². The first kappa shape index (κ1) is 9.06. The lowest BCUT2D eigenvalue weighted by atomic mass is 10.2. The molecule has 1 aromatic rings. The molecule has 2 rings (SSSR count). The summed E-state index contributed by atoms with van der Waals surface area (Å²) in [5, 5.41) is 3.33. The first-order valence-corrected chi connectivity index (χ1v) is 4.83. The van der Waals surface area contributed by atoms with Gasteiger partial charge in [0.2, 0.25) is 0 Å². The molecule has 0 saturated carbocycles. The molecule has 3 nitrogen and oxygen atoms in total. The van der Waals surface area contributed by atoms with Crippen LogP contribution in [-0.2, 0) is 11.2 Å². The number of aromatic nitrogens is 1. The average molecular weight is 190 g/mol. The fourth-order valence-electron chi connectivity index (χ4n) is 1.64. The molecule has 74 valence electrons. The van der Waals surface area contributed by atoms with Crippen molar-refractivity contribution in [2.24, 2.45) is 0 Å². The average Bonchev–Trinajstić information content (AvgIpc) is 2.61. The summed E-state index contributed by atoms with van der Waals surface area (Å²) in [6.07, 6.45) is 2.68. The van der Waals surface area contributed by atoms with Crippen molar-refractivity contribution in [1.82, 2.24) is 4.98 Å². The molecule has 1 N–H and O–H groups in total. The molecular weight excluding hydrogens is 176 g/mol. The zero-order chi connectivity index (χ0) is 9.97. The molecule has 0 aliphatic carbocycles. The molecule has 1 atom stereocenters. The number of rotatable bonds is 3. The summed E-state index contributed by atoms with van der Waals surface area (Å²) in [6, 6.07) is 4.14. The zero-order valence-corrected chi connectivity index (χ0v) is 8.29. The van der Waals surface area contributed by atoms with Gasteiger partial charge in [-0.25, -0.2) is 0 Å². The summed E-state index contributed by atoms with van der Waals surface area (Å²) < 4.78 is 5.37. The SMILES string of the molecule is C=C(OCC)C1Cc2ncccc2N1. The fourth-order valence-corrected chi connectivity index (χ4v) is 1.64. The molecule has 0 spiro atoms. The van der Waals surface area contributed by atoms with Crippen molar-refractivity contribution in [2.45, 2.75) is 19.4 Å². The molecule has 0 saturated heterocycles. The Balaban J connectivity index is 2.08. The molecule has 1 aliphatic heterocycles. The van der Waals surface area contributed by atoms with Gasteiger partial charge >= 0.3 is 0 Å². The second-order valence-electron chi connectivity index (χ2n) is 3.30. The highest BCUT2D eigenvalue weighted by Crippen LogP contribution is 2.26. The minimum atomic E-state index is 0.180. The molecule has 0 radical (unpaired) electrons. The van der Waals surface area contributed by atoms with Gasteiger partial charge in [0, 0.05) is 12.6 Å². The number of ether oxygens (including phenoxy) is 1. The zero-order valence-electron chi connectivity index (χ0n) is 8.29. The van der Waals surface area contributed by atoms with E-state index >= 15 is 0 Å². The monoisotopic (exact) mass is 190 g/mol. The van der Waals surface area contributed by atoms with Gasteiger partial charge in [0.15, 0.2) is 0 Å². The van der Waals surface area contributed by atoms with Crippen LogP contribution < -0.4 is 5.32 Å². The maximum Gasteiger partial charge on any atom is 0.111 e. The van der Waals surface area contributed by atoms with E-state index in [4.69, 9.17) is 4.74 Å². The van der Waals surface area contributed by atoms with Gasteiger partial charge in [0.25, 0.3) is 0 Å². The minimum Gasteiger partial charge on any atom is -0.497 e. The topological polar surface area (TPSA) is 34.1 Å². The maximum atomic E-state index is 5.37. The molecule has 0 fully saturated rings. The summed E-state index contributed by atoms with van der Waals surface area (Å²) in [7, 11) is 0. The van der Waals surface area contributed by atoms with Crippen molar-refractivity contribution in [3.8, 4) is 0 Å². The van der Waals surface area contributed by atoms with Gasteiger partial charge in [-0.3, -0.25) is 4.98 Å². The number of nitrogens with one attached hydrogen (secondary N) is 1. The summed E-state index contributed by atoms with van der Waals surface area (Å²) >= 11 is 0. The Labute approximate surface area is 83.8 Å². The van der Waals surface area contributed by atoms with Gasteiger partial charge in [0.05, 0.1) is 24.0 Å². The third kappa shape index (κ3) is 1.58. The third-order valence-electron chi connectivity index (χ3n) is 2.34. The van der Waals surface area contributed by atoms with Crippen LogP contribution in [0.3, 0.4) is 0 Å². The highest BCUT2D eigenvalue weighted by molar-refractivity contribution is 5.54. The smallest absolute Gasteiger partial charge is 0.111 e. The van der Waals surface area contributed by atoms with Crippen LogP contribution >= 0.6 is 0 Å². The Morgan fingerprint density at radius 1 is 1.79 bits per heavy atom. The summed E-state index contributed by atoms with van der Waals surface area (Å²) in [4.78, 5) is 4.29. The summed E-state index contributed by atoms with van der Waals surface area (Å²) in [6.45, 7) is 6.53. The van der Waals surface area contributed by atoms with Crippen LogP contribution in [-0.4, -0.2) is 17.6 Å². The van der Waals surface area contributed by atoms with Crippen LogP contribution in [0.25, 0.3) is 0 Å². The van der Waals surface area contributed by atoms with E-state index in [2.05, 4.69) is 16.9 Å². The van der Waals surface area contributed by atoms with Crippen molar-refractivity contribution in [3.05, 3.63) is 36.4 Å². The van der Waals surface area contributed by atoms with Gasteiger partial charge in [-0.05, 0) is 19.1 Å². The number of anilines is 1. The minimum absolute atomic E-state index is 0.180. The van der Waals surface area contributed by atoms with Crippen LogP contribution in [0.5, 0.6) is 0 Å².